The molecule has 7 nitrogen and oxygen atoms in total. The average Bonchev–Trinajstić information content (AvgIpc) is 2.82. The Bertz CT molecular complexity index is 875. The van der Waals surface area contributed by atoms with E-state index >= 15 is 0 Å². The van der Waals surface area contributed by atoms with Crippen molar-refractivity contribution in [2.45, 2.75) is 26.9 Å². The molecule has 2 rings (SSSR count). The van der Waals surface area contributed by atoms with Gasteiger partial charge in [0.2, 0.25) is 0 Å². The number of amides is 1. The number of anilines is 1. The maximum Gasteiger partial charge on any atom is 0.416 e. The van der Waals surface area contributed by atoms with Gasteiger partial charge in [-0.15, -0.1) is 0 Å². The quantitative estimate of drug-likeness (QED) is 0.445. The normalized spacial score (nSPS) is 11.3. The van der Waals surface area contributed by atoms with Crippen LogP contribution >= 0.6 is 0 Å². The Labute approximate surface area is 152 Å². The van der Waals surface area contributed by atoms with E-state index in [1.165, 1.54) is 0 Å². The maximum atomic E-state index is 12.7. The smallest absolute Gasteiger partial charge is 0.416 e. The van der Waals surface area contributed by atoms with Crippen LogP contribution in [-0.2, 0) is 6.18 Å². The molecule has 0 aliphatic carbocycles. The van der Waals surface area contributed by atoms with Gasteiger partial charge in [0.15, 0.2) is 0 Å². The summed E-state index contributed by atoms with van der Waals surface area (Å²) in [6.07, 6.45) is -4.67. The van der Waals surface area contributed by atoms with Crippen molar-refractivity contribution in [2.24, 2.45) is 0 Å². The number of nitro benzene ring substituents is 1. The fraction of sp³-hybridized carbons (Fsp3) is 0.353. The first kappa shape index (κ1) is 20.3. The van der Waals surface area contributed by atoms with Crippen molar-refractivity contribution >= 4 is 17.3 Å². The van der Waals surface area contributed by atoms with Crippen LogP contribution in [0.3, 0.4) is 0 Å². The van der Waals surface area contributed by atoms with Gasteiger partial charge in [0, 0.05) is 24.7 Å². The minimum absolute atomic E-state index is 0.0613. The number of furan rings is 1. The SMILES string of the molecule is Cc1oc(C)c(C(=O)NCCNc2ccc(C(F)(F)F)cc2[N+](=O)[O-])c1C. The molecule has 0 unspecified atom stereocenters. The minimum atomic E-state index is -4.67. The molecule has 2 N–H and O–H groups in total. The summed E-state index contributed by atoms with van der Waals surface area (Å²) < 4.78 is 43.4. The maximum absolute atomic E-state index is 12.7. The highest BCUT2D eigenvalue weighted by atomic mass is 19.4. The van der Waals surface area contributed by atoms with Crippen molar-refractivity contribution in [1.82, 2.24) is 5.32 Å². The largest absolute Gasteiger partial charge is 0.466 e. The summed E-state index contributed by atoms with van der Waals surface area (Å²) in [5, 5.41) is 16.3. The number of hydrogen-bond donors (Lipinski definition) is 2. The van der Waals surface area contributed by atoms with Crippen molar-refractivity contribution < 1.29 is 27.3 Å². The van der Waals surface area contributed by atoms with Crippen LogP contribution in [0.25, 0.3) is 0 Å². The molecule has 1 amide bonds. The Morgan fingerprint density at radius 3 is 2.37 bits per heavy atom. The highest BCUT2D eigenvalue weighted by Gasteiger charge is 2.33. The third-order valence-corrected chi connectivity index (χ3v) is 4.04. The average molecular weight is 385 g/mol. The van der Waals surface area contributed by atoms with Gasteiger partial charge < -0.3 is 15.1 Å². The zero-order chi connectivity index (χ0) is 20.4. The number of carbonyl (C=O) groups is 1. The Kier molecular flexibility index (Phi) is 5.77. The number of nitrogens with zero attached hydrogens (tertiary/aromatic N) is 1. The van der Waals surface area contributed by atoms with Crippen LogP contribution in [-0.4, -0.2) is 23.9 Å². The van der Waals surface area contributed by atoms with E-state index in [0.29, 0.717) is 23.2 Å². The lowest BCUT2D eigenvalue weighted by Crippen LogP contribution is -2.29. The molecule has 146 valence electrons. The topological polar surface area (TPSA) is 97.4 Å². The second-order valence-electron chi connectivity index (χ2n) is 5.88. The van der Waals surface area contributed by atoms with E-state index in [1.54, 1.807) is 20.8 Å². The van der Waals surface area contributed by atoms with E-state index in [-0.39, 0.29) is 24.7 Å². The minimum Gasteiger partial charge on any atom is -0.466 e. The van der Waals surface area contributed by atoms with Gasteiger partial charge >= 0.3 is 6.18 Å². The van der Waals surface area contributed by atoms with Crippen molar-refractivity contribution in [1.29, 1.82) is 0 Å². The van der Waals surface area contributed by atoms with Crippen LogP contribution in [0.15, 0.2) is 22.6 Å². The van der Waals surface area contributed by atoms with Crippen LogP contribution in [0.1, 0.15) is 33.0 Å². The molecule has 2 aromatic rings. The van der Waals surface area contributed by atoms with E-state index in [9.17, 15) is 28.1 Å². The van der Waals surface area contributed by atoms with Gasteiger partial charge in [-0.25, -0.2) is 0 Å². The van der Waals surface area contributed by atoms with Crippen LogP contribution in [0.5, 0.6) is 0 Å². The number of benzene rings is 1. The monoisotopic (exact) mass is 385 g/mol. The summed E-state index contributed by atoms with van der Waals surface area (Å²) in [4.78, 5) is 22.3. The highest BCUT2D eigenvalue weighted by Crippen LogP contribution is 2.34. The zero-order valence-corrected chi connectivity index (χ0v) is 14.9. The number of nitrogens with one attached hydrogen (secondary N) is 2. The summed E-state index contributed by atoms with van der Waals surface area (Å²) in [6, 6.07) is 2.23. The molecule has 27 heavy (non-hydrogen) atoms. The Morgan fingerprint density at radius 1 is 1.19 bits per heavy atom. The molecular weight excluding hydrogens is 367 g/mol. The van der Waals surface area contributed by atoms with E-state index in [1.807, 2.05) is 0 Å². The van der Waals surface area contributed by atoms with Gasteiger partial charge in [0.1, 0.15) is 17.2 Å². The lowest BCUT2D eigenvalue weighted by Gasteiger charge is -2.11. The predicted octanol–water partition coefficient (Wildman–Crippen LogP) is 3.97. The van der Waals surface area contributed by atoms with Crippen molar-refractivity contribution in [3.8, 4) is 0 Å². The van der Waals surface area contributed by atoms with E-state index in [2.05, 4.69) is 10.6 Å². The predicted molar refractivity (Wildman–Crippen MR) is 91.8 cm³/mol. The number of carbonyl (C=O) groups excluding carboxylic acids is 1. The first-order valence-electron chi connectivity index (χ1n) is 7.96. The number of aryl methyl sites for hydroxylation is 2. The first-order valence-corrected chi connectivity index (χ1v) is 7.96. The molecule has 0 spiro atoms. The molecule has 0 saturated heterocycles. The third-order valence-electron chi connectivity index (χ3n) is 4.04. The summed E-state index contributed by atoms with van der Waals surface area (Å²) in [7, 11) is 0. The zero-order valence-electron chi connectivity index (χ0n) is 14.9. The van der Waals surface area contributed by atoms with Gasteiger partial charge in [-0.1, -0.05) is 0 Å². The summed E-state index contributed by atoms with van der Waals surface area (Å²) in [5.41, 5.74) is -0.708. The third kappa shape index (κ3) is 4.57. The molecule has 0 radical (unpaired) electrons. The lowest BCUT2D eigenvalue weighted by atomic mass is 10.1. The standard InChI is InChI=1S/C17H18F3N3O4/c1-9-10(2)27-11(3)15(9)16(24)22-7-6-21-13-5-4-12(17(18,19)20)8-14(13)23(25)26/h4-5,8,21H,6-7H2,1-3H3,(H,22,24). The van der Waals surface area contributed by atoms with E-state index in [0.717, 1.165) is 17.7 Å². The summed E-state index contributed by atoms with van der Waals surface area (Å²) in [5.74, 6) is 0.760. The van der Waals surface area contributed by atoms with Crippen molar-refractivity contribution in [3.63, 3.8) is 0 Å². The van der Waals surface area contributed by atoms with Gasteiger partial charge in [0.25, 0.3) is 11.6 Å². The molecule has 1 heterocycles. The van der Waals surface area contributed by atoms with Crippen molar-refractivity contribution in [3.05, 3.63) is 56.5 Å². The molecule has 0 fully saturated rings. The Hall–Kier alpha value is -3.04. The molecule has 0 saturated carbocycles. The van der Waals surface area contributed by atoms with Gasteiger partial charge in [-0.2, -0.15) is 13.2 Å². The number of rotatable bonds is 6. The molecule has 1 aromatic heterocycles. The number of alkyl halides is 3. The Balaban J connectivity index is 2.01. The summed E-state index contributed by atoms with van der Waals surface area (Å²) >= 11 is 0. The molecule has 1 aromatic carbocycles. The lowest BCUT2D eigenvalue weighted by molar-refractivity contribution is -0.384. The van der Waals surface area contributed by atoms with Crippen LogP contribution in [0.4, 0.5) is 24.5 Å². The van der Waals surface area contributed by atoms with E-state index in [4.69, 9.17) is 4.42 Å². The molecule has 0 aliphatic heterocycles. The number of nitro groups is 1. The fourth-order valence-corrected chi connectivity index (χ4v) is 2.60. The van der Waals surface area contributed by atoms with E-state index < -0.39 is 22.4 Å². The van der Waals surface area contributed by atoms with Crippen LogP contribution in [0, 0.1) is 30.9 Å². The molecular formula is C17H18F3N3O4. The fourth-order valence-electron chi connectivity index (χ4n) is 2.60. The highest BCUT2D eigenvalue weighted by molar-refractivity contribution is 5.96. The molecule has 0 aliphatic rings. The number of halogens is 3. The van der Waals surface area contributed by atoms with Crippen LogP contribution < -0.4 is 10.6 Å². The van der Waals surface area contributed by atoms with Gasteiger partial charge in [0.05, 0.1) is 16.1 Å². The first-order chi connectivity index (χ1) is 12.5. The molecule has 0 atom stereocenters. The molecule has 0 bridgehead atoms. The van der Waals surface area contributed by atoms with Crippen LogP contribution in [0.2, 0.25) is 0 Å². The Morgan fingerprint density at radius 2 is 1.85 bits per heavy atom. The van der Waals surface area contributed by atoms with Gasteiger partial charge in [-0.05, 0) is 32.9 Å². The summed E-state index contributed by atoms with van der Waals surface area (Å²) in [6.45, 7) is 5.36. The second kappa shape index (κ2) is 7.68. The molecule has 10 heteroatoms. The number of hydrogen-bond acceptors (Lipinski definition) is 5. The van der Waals surface area contributed by atoms with Crippen molar-refractivity contribution in [2.75, 3.05) is 18.4 Å². The second-order valence-corrected chi connectivity index (χ2v) is 5.88. The van der Waals surface area contributed by atoms with Gasteiger partial charge in [-0.3, -0.25) is 14.9 Å².